The summed E-state index contributed by atoms with van der Waals surface area (Å²) in [5, 5.41) is 9.79. The van der Waals surface area contributed by atoms with Crippen molar-refractivity contribution in [3.63, 3.8) is 0 Å². The Balaban J connectivity index is 0.00000242. The van der Waals surface area contributed by atoms with E-state index in [0.29, 0.717) is 6.04 Å². The van der Waals surface area contributed by atoms with Crippen LogP contribution < -0.4 is 10.6 Å². The quantitative estimate of drug-likeness (QED) is 0.394. The topological polar surface area (TPSA) is 39.7 Å². The summed E-state index contributed by atoms with van der Waals surface area (Å²) in [4.78, 5) is 7.96. The summed E-state index contributed by atoms with van der Waals surface area (Å²) < 4.78 is 0. The molecule has 2 heterocycles. The van der Waals surface area contributed by atoms with Crippen LogP contribution in [0.5, 0.6) is 0 Å². The Bertz CT molecular complexity index is 431. The van der Waals surface area contributed by atoms with Crippen molar-refractivity contribution in [3.8, 4) is 0 Å². The van der Waals surface area contributed by atoms with Crippen LogP contribution >= 0.6 is 47.1 Å². The lowest BCUT2D eigenvalue weighted by atomic mass is 10.2. The van der Waals surface area contributed by atoms with Gasteiger partial charge in [-0.3, -0.25) is 4.99 Å². The first-order chi connectivity index (χ1) is 10.2. The Morgan fingerprint density at radius 2 is 2.27 bits per heavy atom. The molecule has 22 heavy (non-hydrogen) atoms. The number of thiophene rings is 1. The van der Waals surface area contributed by atoms with E-state index in [9.17, 15) is 0 Å². The van der Waals surface area contributed by atoms with Crippen molar-refractivity contribution in [1.82, 2.24) is 15.5 Å². The molecule has 2 unspecified atom stereocenters. The molecule has 7 heteroatoms. The van der Waals surface area contributed by atoms with Gasteiger partial charge in [-0.05, 0) is 44.1 Å². The second kappa shape index (κ2) is 10.7. The number of hydrogen-bond donors (Lipinski definition) is 2. The van der Waals surface area contributed by atoms with Gasteiger partial charge in [0.05, 0.1) is 6.04 Å². The highest BCUT2D eigenvalue weighted by molar-refractivity contribution is 14.0. The number of nitrogens with zero attached hydrogens (tertiary/aromatic N) is 2. The molecule has 0 spiro atoms. The van der Waals surface area contributed by atoms with Gasteiger partial charge in [-0.1, -0.05) is 6.07 Å². The van der Waals surface area contributed by atoms with Crippen LogP contribution in [0.1, 0.15) is 23.8 Å². The molecule has 2 N–H and O–H groups in total. The molecule has 2 rings (SSSR count). The Labute approximate surface area is 159 Å². The lowest BCUT2D eigenvalue weighted by Gasteiger charge is -2.25. The molecule has 4 nitrogen and oxygen atoms in total. The summed E-state index contributed by atoms with van der Waals surface area (Å²) in [6, 6.07) is 4.69. The standard InChI is InChI=1S/C15H26N4S2.HI/c1-16-15(17-10-12-6-4-8-20-12)18-11-13(19(2)3)14-7-5-9-21-14;/h5,7,9,12-13H,4,6,8,10-11H2,1-3H3,(H2,16,17,18);1H. The highest BCUT2D eigenvalue weighted by Gasteiger charge is 2.17. The van der Waals surface area contributed by atoms with Gasteiger partial charge in [0.25, 0.3) is 0 Å². The number of thioether (sulfide) groups is 1. The first-order valence-corrected chi connectivity index (χ1v) is 9.39. The third-order valence-corrected chi connectivity index (χ3v) is 6.07. The largest absolute Gasteiger partial charge is 0.355 e. The van der Waals surface area contributed by atoms with E-state index in [-0.39, 0.29) is 24.0 Å². The lowest BCUT2D eigenvalue weighted by Crippen LogP contribution is -2.43. The molecule has 1 aromatic rings. The molecule has 0 saturated carbocycles. The number of rotatable bonds is 6. The zero-order valence-corrected chi connectivity index (χ0v) is 17.5. The maximum Gasteiger partial charge on any atom is 0.191 e. The number of likely N-dealkylation sites (N-methyl/N-ethyl adjacent to an activating group) is 1. The van der Waals surface area contributed by atoms with E-state index in [1.165, 1.54) is 23.5 Å². The van der Waals surface area contributed by atoms with Gasteiger partial charge in [0.15, 0.2) is 5.96 Å². The maximum absolute atomic E-state index is 4.33. The second-order valence-corrected chi connectivity index (χ2v) is 7.85. The molecule has 2 atom stereocenters. The number of guanidine groups is 1. The van der Waals surface area contributed by atoms with Crippen molar-refractivity contribution >= 4 is 53.0 Å². The van der Waals surface area contributed by atoms with E-state index in [2.05, 4.69) is 63.9 Å². The number of hydrogen-bond acceptors (Lipinski definition) is 4. The molecule has 0 aromatic carbocycles. The molecular formula is C15H27IN4S2. The molecular weight excluding hydrogens is 427 g/mol. The van der Waals surface area contributed by atoms with E-state index in [4.69, 9.17) is 0 Å². The predicted molar refractivity (Wildman–Crippen MR) is 111 cm³/mol. The highest BCUT2D eigenvalue weighted by atomic mass is 127. The van der Waals surface area contributed by atoms with Crippen LogP contribution in [0.4, 0.5) is 0 Å². The first-order valence-electron chi connectivity index (χ1n) is 7.46. The fourth-order valence-corrected chi connectivity index (χ4v) is 4.57. The third kappa shape index (κ3) is 6.25. The number of halogens is 1. The smallest absolute Gasteiger partial charge is 0.191 e. The van der Waals surface area contributed by atoms with Gasteiger partial charge in [0.2, 0.25) is 0 Å². The summed E-state index contributed by atoms with van der Waals surface area (Å²) in [7, 11) is 6.09. The minimum Gasteiger partial charge on any atom is -0.355 e. The molecule has 1 saturated heterocycles. The second-order valence-electron chi connectivity index (χ2n) is 5.46. The number of nitrogens with one attached hydrogen (secondary N) is 2. The Morgan fingerprint density at radius 1 is 1.45 bits per heavy atom. The van der Waals surface area contributed by atoms with Gasteiger partial charge >= 0.3 is 0 Å². The van der Waals surface area contributed by atoms with Gasteiger partial charge in [0, 0.05) is 30.3 Å². The molecule has 0 aliphatic carbocycles. The van der Waals surface area contributed by atoms with E-state index < -0.39 is 0 Å². The minimum absolute atomic E-state index is 0. The van der Waals surface area contributed by atoms with Crippen LogP contribution in [-0.4, -0.2) is 56.1 Å². The van der Waals surface area contributed by atoms with Crippen LogP contribution in [0.3, 0.4) is 0 Å². The van der Waals surface area contributed by atoms with Gasteiger partial charge in [-0.2, -0.15) is 11.8 Å². The Kier molecular flexibility index (Phi) is 9.77. The predicted octanol–water partition coefficient (Wildman–Crippen LogP) is 3.03. The van der Waals surface area contributed by atoms with E-state index in [0.717, 1.165) is 24.3 Å². The van der Waals surface area contributed by atoms with Crippen molar-refractivity contribution in [2.75, 3.05) is 40.0 Å². The average molecular weight is 454 g/mol. The van der Waals surface area contributed by atoms with Gasteiger partial charge in [-0.25, -0.2) is 0 Å². The van der Waals surface area contributed by atoms with E-state index in [1.54, 1.807) is 0 Å². The monoisotopic (exact) mass is 454 g/mol. The fraction of sp³-hybridized carbons (Fsp3) is 0.667. The lowest BCUT2D eigenvalue weighted by molar-refractivity contribution is 0.302. The molecule has 1 aliphatic rings. The zero-order valence-electron chi connectivity index (χ0n) is 13.5. The normalized spacial score (nSPS) is 19.8. The van der Waals surface area contributed by atoms with E-state index >= 15 is 0 Å². The first kappa shape index (κ1) is 20.1. The van der Waals surface area contributed by atoms with Crippen LogP contribution in [0.25, 0.3) is 0 Å². The molecule has 1 fully saturated rings. The van der Waals surface area contributed by atoms with Crippen molar-refractivity contribution in [3.05, 3.63) is 22.4 Å². The fourth-order valence-electron chi connectivity index (χ4n) is 2.45. The van der Waals surface area contributed by atoms with Crippen molar-refractivity contribution in [2.45, 2.75) is 24.1 Å². The molecule has 0 amide bonds. The third-order valence-electron chi connectivity index (χ3n) is 3.70. The molecule has 126 valence electrons. The van der Waals surface area contributed by atoms with Crippen LogP contribution in [0, 0.1) is 0 Å². The summed E-state index contributed by atoms with van der Waals surface area (Å²) in [6.45, 7) is 1.88. The van der Waals surface area contributed by atoms with Crippen LogP contribution in [0.15, 0.2) is 22.5 Å². The summed E-state index contributed by atoms with van der Waals surface area (Å²) in [5.41, 5.74) is 0. The zero-order chi connectivity index (χ0) is 15.1. The Hall–Kier alpha value is 0.01000. The highest BCUT2D eigenvalue weighted by Crippen LogP contribution is 2.25. The average Bonchev–Trinajstić information content (AvgIpc) is 3.15. The number of aliphatic imine (C=N–C) groups is 1. The van der Waals surface area contributed by atoms with Crippen LogP contribution in [0.2, 0.25) is 0 Å². The summed E-state index contributed by atoms with van der Waals surface area (Å²) >= 11 is 3.88. The van der Waals surface area contributed by atoms with Crippen molar-refractivity contribution < 1.29 is 0 Å². The van der Waals surface area contributed by atoms with Crippen molar-refractivity contribution in [1.29, 1.82) is 0 Å². The Morgan fingerprint density at radius 3 is 2.82 bits per heavy atom. The SMILES string of the molecule is CN=C(NCC1CCCS1)NCC(c1cccs1)N(C)C.I. The summed E-state index contributed by atoms with van der Waals surface area (Å²) in [6.07, 6.45) is 2.67. The maximum atomic E-state index is 4.33. The van der Waals surface area contributed by atoms with Gasteiger partial charge < -0.3 is 15.5 Å². The van der Waals surface area contributed by atoms with E-state index in [1.807, 2.05) is 18.4 Å². The molecule has 0 radical (unpaired) electrons. The molecule has 1 aliphatic heterocycles. The summed E-state index contributed by atoms with van der Waals surface area (Å²) in [5.74, 6) is 2.21. The molecule has 1 aromatic heterocycles. The van der Waals surface area contributed by atoms with Gasteiger partial charge in [-0.15, -0.1) is 35.3 Å². The molecule has 0 bridgehead atoms. The minimum atomic E-state index is 0. The van der Waals surface area contributed by atoms with Gasteiger partial charge in [0.1, 0.15) is 0 Å². The van der Waals surface area contributed by atoms with Crippen molar-refractivity contribution in [2.24, 2.45) is 4.99 Å². The van der Waals surface area contributed by atoms with Crippen LogP contribution in [-0.2, 0) is 0 Å².